The summed E-state index contributed by atoms with van der Waals surface area (Å²) in [4.78, 5) is 7.59. The fourth-order valence-corrected chi connectivity index (χ4v) is 1.98. The van der Waals surface area contributed by atoms with Crippen molar-refractivity contribution in [1.82, 2.24) is 9.97 Å². The van der Waals surface area contributed by atoms with Gasteiger partial charge in [0.05, 0.1) is 12.6 Å². The second-order valence-electron chi connectivity index (χ2n) is 5.63. The summed E-state index contributed by atoms with van der Waals surface area (Å²) >= 11 is 0. The second-order valence-corrected chi connectivity index (χ2v) is 5.63. The molecule has 8 heteroatoms. The van der Waals surface area contributed by atoms with Crippen molar-refractivity contribution in [2.45, 2.75) is 26.1 Å². The summed E-state index contributed by atoms with van der Waals surface area (Å²) in [6.07, 6.45) is -4.60. The molecule has 0 saturated carbocycles. The molecule has 1 aromatic carbocycles. The van der Waals surface area contributed by atoms with E-state index in [0.717, 1.165) is 6.07 Å². The van der Waals surface area contributed by atoms with Crippen LogP contribution >= 0.6 is 0 Å². The van der Waals surface area contributed by atoms with Crippen molar-refractivity contribution in [2.75, 3.05) is 17.2 Å². The largest absolute Gasteiger partial charge is 0.433 e. The highest BCUT2D eigenvalue weighted by Gasteiger charge is 2.34. The molecular formula is C16H19F3N4O. The van der Waals surface area contributed by atoms with Gasteiger partial charge in [-0.2, -0.15) is 18.2 Å². The number of aliphatic hydroxyl groups is 1. The maximum atomic E-state index is 13.1. The van der Waals surface area contributed by atoms with Crippen LogP contribution in [0.25, 0.3) is 0 Å². The Balaban J connectivity index is 2.34. The van der Waals surface area contributed by atoms with E-state index >= 15 is 0 Å². The van der Waals surface area contributed by atoms with E-state index in [-0.39, 0.29) is 24.3 Å². The third-order valence-corrected chi connectivity index (χ3v) is 3.38. The molecule has 0 aliphatic rings. The van der Waals surface area contributed by atoms with Crippen LogP contribution in [0, 0.1) is 5.92 Å². The molecule has 2 rings (SSSR count). The number of anilines is 3. The van der Waals surface area contributed by atoms with Gasteiger partial charge in [0.25, 0.3) is 0 Å². The number of aliphatic hydroxyl groups excluding tert-OH is 1. The summed E-state index contributed by atoms with van der Waals surface area (Å²) < 4.78 is 39.2. The van der Waals surface area contributed by atoms with Gasteiger partial charge in [0.15, 0.2) is 5.69 Å². The Hall–Kier alpha value is -2.35. The number of para-hydroxylation sites is 1. The number of aromatic nitrogens is 2. The minimum atomic E-state index is -4.60. The summed E-state index contributed by atoms with van der Waals surface area (Å²) in [6, 6.07) is 9.15. The number of benzene rings is 1. The molecule has 0 radical (unpaired) electrons. The maximum absolute atomic E-state index is 13.1. The molecular weight excluding hydrogens is 321 g/mol. The van der Waals surface area contributed by atoms with Crippen molar-refractivity contribution >= 4 is 17.5 Å². The molecule has 0 fully saturated rings. The van der Waals surface area contributed by atoms with E-state index in [1.165, 1.54) is 0 Å². The van der Waals surface area contributed by atoms with Crippen LogP contribution in [0.15, 0.2) is 36.4 Å². The van der Waals surface area contributed by atoms with Crippen LogP contribution in [0.5, 0.6) is 0 Å². The van der Waals surface area contributed by atoms with Gasteiger partial charge in [0, 0.05) is 11.8 Å². The molecule has 1 atom stereocenters. The fourth-order valence-electron chi connectivity index (χ4n) is 1.98. The Morgan fingerprint density at radius 1 is 1.12 bits per heavy atom. The van der Waals surface area contributed by atoms with Crippen molar-refractivity contribution in [3.05, 3.63) is 42.1 Å². The highest BCUT2D eigenvalue weighted by atomic mass is 19.4. The van der Waals surface area contributed by atoms with Crippen molar-refractivity contribution in [2.24, 2.45) is 5.92 Å². The van der Waals surface area contributed by atoms with Gasteiger partial charge in [0.2, 0.25) is 5.95 Å². The van der Waals surface area contributed by atoms with Crippen molar-refractivity contribution in [1.29, 1.82) is 0 Å². The summed E-state index contributed by atoms with van der Waals surface area (Å²) in [6.45, 7) is 3.44. The van der Waals surface area contributed by atoms with E-state index in [9.17, 15) is 18.3 Å². The van der Waals surface area contributed by atoms with Crippen molar-refractivity contribution in [3.63, 3.8) is 0 Å². The van der Waals surface area contributed by atoms with Gasteiger partial charge in [-0.1, -0.05) is 32.0 Å². The highest BCUT2D eigenvalue weighted by Crippen LogP contribution is 2.30. The van der Waals surface area contributed by atoms with Crippen LogP contribution in [-0.4, -0.2) is 27.7 Å². The number of hydrogen-bond donors (Lipinski definition) is 3. The number of alkyl halides is 3. The quantitative estimate of drug-likeness (QED) is 0.748. The topological polar surface area (TPSA) is 70.1 Å². The molecule has 0 aliphatic heterocycles. The molecule has 2 aromatic rings. The smallest absolute Gasteiger partial charge is 0.394 e. The van der Waals surface area contributed by atoms with Crippen LogP contribution in [0.1, 0.15) is 19.5 Å². The molecule has 0 spiro atoms. The second kappa shape index (κ2) is 7.48. The molecule has 0 bridgehead atoms. The average molecular weight is 340 g/mol. The van der Waals surface area contributed by atoms with Gasteiger partial charge in [-0.3, -0.25) is 0 Å². The van der Waals surface area contributed by atoms with Gasteiger partial charge in [-0.25, -0.2) is 4.98 Å². The van der Waals surface area contributed by atoms with Crippen molar-refractivity contribution in [3.8, 4) is 0 Å². The fraction of sp³-hybridized carbons (Fsp3) is 0.375. The third-order valence-electron chi connectivity index (χ3n) is 3.38. The number of rotatable bonds is 6. The minimum absolute atomic E-state index is 0.00123. The molecule has 130 valence electrons. The first-order chi connectivity index (χ1) is 11.3. The Morgan fingerprint density at radius 2 is 1.79 bits per heavy atom. The first kappa shape index (κ1) is 18.0. The zero-order chi connectivity index (χ0) is 17.7. The molecule has 0 saturated heterocycles. The Kier molecular flexibility index (Phi) is 5.61. The number of nitrogens with one attached hydrogen (secondary N) is 2. The van der Waals surface area contributed by atoms with Crippen LogP contribution in [0.2, 0.25) is 0 Å². The molecule has 0 aliphatic carbocycles. The predicted octanol–water partition coefficient (Wildman–Crippen LogP) is 3.67. The van der Waals surface area contributed by atoms with E-state index in [4.69, 9.17) is 0 Å². The normalized spacial score (nSPS) is 13.0. The monoisotopic (exact) mass is 340 g/mol. The Labute approximate surface area is 138 Å². The molecule has 1 aromatic heterocycles. The summed E-state index contributed by atoms with van der Waals surface area (Å²) in [5, 5.41) is 14.9. The number of halogens is 3. The van der Waals surface area contributed by atoms with Crippen LogP contribution in [0.3, 0.4) is 0 Å². The number of nitrogens with zero attached hydrogens (tertiary/aromatic N) is 2. The molecule has 24 heavy (non-hydrogen) atoms. The zero-order valence-electron chi connectivity index (χ0n) is 13.3. The molecule has 1 heterocycles. The summed E-state index contributed by atoms with van der Waals surface area (Å²) in [5.41, 5.74) is -0.447. The summed E-state index contributed by atoms with van der Waals surface area (Å²) in [5.74, 6) is -0.166. The molecule has 0 unspecified atom stereocenters. The first-order valence-electron chi connectivity index (χ1n) is 7.45. The zero-order valence-corrected chi connectivity index (χ0v) is 13.3. The maximum Gasteiger partial charge on any atom is 0.433 e. The Bertz CT molecular complexity index is 662. The SMILES string of the molecule is CC(C)[C@H](CO)Nc1nc(Nc2ccccc2)cc(C(F)(F)F)n1. The van der Waals surface area contributed by atoms with E-state index in [1.54, 1.807) is 30.3 Å². The summed E-state index contributed by atoms with van der Waals surface area (Å²) in [7, 11) is 0. The van der Waals surface area contributed by atoms with Crippen LogP contribution < -0.4 is 10.6 Å². The van der Waals surface area contributed by atoms with Crippen molar-refractivity contribution < 1.29 is 18.3 Å². The average Bonchev–Trinajstić information content (AvgIpc) is 2.52. The van der Waals surface area contributed by atoms with Gasteiger partial charge < -0.3 is 15.7 Å². The van der Waals surface area contributed by atoms with Crippen LogP contribution in [0.4, 0.5) is 30.6 Å². The molecule has 0 amide bonds. The van der Waals surface area contributed by atoms with Gasteiger partial charge in [-0.15, -0.1) is 0 Å². The van der Waals surface area contributed by atoms with E-state index in [2.05, 4.69) is 20.6 Å². The van der Waals surface area contributed by atoms with E-state index < -0.39 is 17.9 Å². The third kappa shape index (κ3) is 4.82. The lowest BCUT2D eigenvalue weighted by molar-refractivity contribution is -0.141. The van der Waals surface area contributed by atoms with Crippen LogP contribution in [-0.2, 0) is 6.18 Å². The van der Waals surface area contributed by atoms with Gasteiger partial charge in [-0.05, 0) is 18.1 Å². The molecule has 3 N–H and O–H groups in total. The highest BCUT2D eigenvalue weighted by molar-refractivity contribution is 5.57. The minimum Gasteiger partial charge on any atom is -0.394 e. The number of hydrogen-bond acceptors (Lipinski definition) is 5. The lowest BCUT2D eigenvalue weighted by Gasteiger charge is -2.21. The standard InChI is InChI=1S/C16H19F3N4O/c1-10(2)12(9-24)21-15-22-13(16(17,18)19)8-14(23-15)20-11-6-4-3-5-7-11/h3-8,10,12,24H,9H2,1-2H3,(H2,20,21,22,23)/t12-/m0/s1. The lowest BCUT2D eigenvalue weighted by Crippen LogP contribution is -2.30. The van der Waals surface area contributed by atoms with E-state index in [0.29, 0.717) is 5.69 Å². The molecule has 5 nitrogen and oxygen atoms in total. The van der Waals surface area contributed by atoms with E-state index in [1.807, 2.05) is 13.8 Å². The first-order valence-corrected chi connectivity index (χ1v) is 7.45. The lowest BCUT2D eigenvalue weighted by atomic mass is 10.1. The Morgan fingerprint density at radius 3 is 2.33 bits per heavy atom. The van der Waals surface area contributed by atoms with Gasteiger partial charge >= 0.3 is 6.18 Å². The predicted molar refractivity (Wildman–Crippen MR) is 86.1 cm³/mol. The van der Waals surface area contributed by atoms with Gasteiger partial charge in [0.1, 0.15) is 5.82 Å².